The highest BCUT2D eigenvalue weighted by molar-refractivity contribution is 7.93. The zero-order chi connectivity index (χ0) is 10.8. The SMILES string of the molecule is C[C@H]1CN/C(=C(\C=N)S(N)(=O)=O)OC1. The topological polar surface area (TPSA) is 105 Å². The molecule has 0 spiro atoms. The molecule has 0 unspecified atom stereocenters. The van der Waals surface area contributed by atoms with Crippen LogP contribution in [0.4, 0.5) is 0 Å². The van der Waals surface area contributed by atoms with Crippen LogP contribution >= 0.6 is 0 Å². The Labute approximate surface area is 82.7 Å². The van der Waals surface area contributed by atoms with Gasteiger partial charge in [0.25, 0.3) is 0 Å². The van der Waals surface area contributed by atoms with Crippen LogP contribution in [0.1, 0.15) is 6.92 Å². The number of nitrogens with two attached hydrogens (primary N) is 1. The third-order valence-electron chi connectivity index (χ3n) is 1.78. The van der Waals surface area contributed by atoms with Gasteiger partial charge in [-0.1, -0.05) is 6.92 Å². The van der Waals surface area contributed by atoms with E-state index >= 15 is 0 Å². The predicted octanol–water partition coefficient (Wildman–Crippen LogP) is -0.651. The fraction of sp³-hybridized carbons (Fsp3) is 0.571. The molecule has 0 aromatic heterocycles. The molecule has 0 aliphatic carbocycles. The van der Waals surface area contributed by atoms with Crippen LogP contribution in [-0.4, -0.2) is 27.8 Å². The molecule has 1 heterocycles. The van der Waals surface area contributed by atoms with Crippen LogP contribution in [0.25, 0.3) is 0 Å². The number of hydrogen-bond donors (Lipinski definition) is 3. The lowest BCUT2D eigenvalue weighted by molar-refractivity contribution is 0.117. The summed E-state index contributed by atoms with van der Waals surface area (Å²) in [4.78, 5) is -0.315. The maximum absolute atomic E-state index is 11.0. The quantitative estimate of drug-likeness (QED) is 0.536. The Balaban J connectivity index is 2.97. The third kappa shape index (κ3) is 2.46. The Kier molecular flexibility index (Phi) is 3.12. The number of rotatable bonds is 2. The predicted molar refractivity (Wildman–Crippen MR) is 52.0 cm³/mol. The van der Waals surface area contributed by atoms with Gasteiger partial charge in [-0.2, -0.15) is 0 Å². The Morgan fingerprint density at radius 1 is 1.79 bits per heavy atom. The molecule has 1 aliphatic rings. The van der Waals surface area contributed by atoms with Gasteiger partial charge in [-0.25, -0.2) is 13.6 Å². The monoisotopic (exact) mass is 219 g/mol. The molecule has 0 bridgehead atoms. The number of primary sulfonamides is 1. The van der Waals surface area contributed by atoms with E-state index in [4.69, 9.17) is 15.3 Å². The first-order chi connectivity index (χ1) is 6.45. The zero-order valence-corrected chi connectivity index (χ0v) is 8.60. The average Bonchev–Trinajstić information content (AvgIpc) is 2.07. The molecule has 1 fully saturated rings. The van der Waals surface area contributed by atoms with Crippen LogP contribution in [0.2, 0.25) is 0 Å². The van der Waals surface area contributed by atoms with E-state index < -0.39 is 10.0 Å². The summed E-state index contributed by atoms with van der Waals surface area (Å²) in [6.45, 7) is 3.00. The summed E-state index contributed by atoms with van der Waals surface area (Å²) in [6, 6.07) is 0. The number of nitrogens with one attached hydrogen (secondary N) is 2. The van der Waals surface area contributed by atoms with Gasteiger partial charge < -0.3 is 15.5 Å². The van der Waals surface area contributed by atoms with E-state index in [0.29, 0.717) is 25.3 Å². The molecule has 1 rings (SSSR count). The lowest BCUT2D eigenvalue weighted by Crippen LogP contribution is -2.34. The molecule has 0 radical (unpaired) electrons. The van der Waals surface area contributed by atoms with Gasteiger partial charge in [0.1, 0.15) is 0 Å². The van der Waals surface area contributed by atoms with Crippen LogP contribution in [0.15, 0.2) is 10.8 Å². The van der Waals surface area contributed by atoms with Gasteiger partial charge in [0.2, 0.25) is 15.9 Å². The van der Waals surface area contributed by atoms with Gasteiger partial charge in [-0.3, -0.25) is 0 Å². The highest BCUT2D eigenvalue weighted by Crippen LogP contribution is 2.12. The van der Waals surface area contributed by atoms with E-state index in [-0.39, 0.29) is 10.8 Å². The molecule has 1 atom stereocenters. The molecule has 0 amide bonds. The average molecular weight is 219 g/mol. The van der Waals surface area contributed by atoms with E-state index in [9.17, 15) is 8.42 Å². The summed E-state index contributed by atoms with van der Waals surface area (Å²) in [5.74, 6) is 0.381. The van der Waals surface area contributed by atoms with Crippen molar-refractivity contribution in [3.05, 3.63) is 10.8 Å². The number of hydrogen-bond acceptors (Lipinski definition) is 5. The van der Waals surface area contributed by atoms with Crippen molar-refractivity contribution >= 4 is 16.2 Å². The van der Waals surface area contributed by atoms with Gasteiger partial charge in [0, 0.05) is 18.7 Å². The Hall–Kier alpha value is -1.08. The molecule has 80 valence electrons. The summed E-state index contributed by atoms with van der Waals surface area (Å²) in [7, 11) is -3.88. The van der Waals surface area contributed by atoms with Crippen molar-refractivity contribution < 1.29 is 13.2 Å². The molecular weight excluding hydrogens is 206 g/mol. The van der Waals surface area contributed by atoms with Crippen molar-refractivity contribution in [2.24, 2.45) is 11.1 Å². The van der Waals surface area contributed by atoms with Gasteiger partial charge in [0.15, 0.2) is 4.91 Å². The molecule has 1 aliphatic heterocycles. The zero-order valence-electron chi connectivity index (χ0n) is 7.78. The van der Waals surface area contributed by atoms with E-state index in [1.165, 1.54) is 0 Å². The molecule has 14 heavy (non-hydrogen) atoms. The van der Waals surface area contributed by atoms with Gasteiger partial charge in [-0.15, -0.1) is 0 Å². The maximum atomic E-state index is 11.0. The summed E-state index contributed by atoms with van der Waals surface area (Å²) in [5, 5.41) is 14.6. The second-order valence-corrected chi connectivity index (χ2v) is 4.71. The summed E-state index contributed by atoms with van der Waals surface area (Å²) in [6.07, 6.45) is 0.674. The summed E-state index contributed by atoms with van der Waals surface area (Å²) >= 11 is 0. The molecule has 1 saturated heterocycles. The molecule has 0 saturated carbocycles. The molecule has 0 aromatic carbocycles. The molecule has 4 N–H and O–H groups in total. The van der Waals surface area contributed by atoms with E-state index in [1.54, 1.807) is 0 Å². The number of sulfonamides is 1. The van der Waals surface area contributed by atoms with Gasteiger partial charge in [0.05, 0.1) is 6.61 Å². The second kappa shape index (κ2) is 3.97. The van der Waals surface area contributed by atoms with Crippen molar-refractivity contribution in [3.63, 3.8) is 0 Å². The second-order valence-electron chi connectivity index (χ2n) is 3.18. The lowest BCUT2D eigenvalue weighted by Gasteiger charge is -2.24. The normalized spacial score (nSPS) is 26.0. The number of allylic oxidation sites excluding steroid dienone is 1. The van der Waals surface area contributed by atoms with Crippen molar-refractivity contribution in [3.8, 4) is 0 Å². The highest BCUT2D eigenvalue weighted by Gasteiger charge is 2.21. The molecule has 0 aromatic rings. The fourth-order valence-electron chi connectivity index (χ4n) is 1.04. The van der Waals surface area contributed by atoms with Gasteiger partial charge >= 0.3 is 0 Å². The first-order valence-corrected chi connectivity index (χ1v) is 5.64. The van der Waals surface area contributed by atoms with Crippen molar-refractivity contribution in [1.29, 1.82) is 5.41 Å². The number of ether oxygens (including phenoxy) is 1. The van der Waals surface area contributed by atoms with Crippen LogP contribution < -0.4 is 10.5 Å². The highest BCUT2D eigenvalue weighted by atomic mass is 32.2. The maximum Gasteiger partial charge on any atom is 0.244 e. The molecular formula is C7H13N3O3S. The standard InChI is InChI=1S/C7H13N3O3S/c1-5-3-10-7(13-4-5)6(2-8)14(9,11)12/h2,5,8,10H,3-4H2,1H3,(H2,9,11,12)/b7-6-,8-2?/t5-/m0/s1. The first-order valence-electron chi connectivity index (χ1n) is 4.09. The first kappa shape index (κ1) is 11.0. The lowest BCUT2D eigenvalue weighted by atomic mass is 10.2. The molecule has 6 nitrogen and oxygen atoms in total. The third-order valence-corrected chi connectivity index (χ3v) is 2.70. The minimum Gasteiger partial charge on any atom is -0.478 e. The van der Waals surface area contributed by atoms with Crippen LogP contribution in [0.3, 0.4) is 0 Å². The smallest absolute Gasteiger partial charge is 0.244 e. The van der Waals surface area contributed by atoms with Crippen LogP contribution in [-0.2, 0) is 14.8 Å². The largest absolute Gasteiger partial charge is 0.478 e. The van der Waals surface area contributed by atoms with Crippen LogP contribution in [0.5, 0.6) is 0 Å². The van der Waals surface area contributed by atoms with Gasteiger partial charge in [-0.05, 0) is 0 Å². The van der Waals surface area contributed by atoms with E-state index in [0.717, 1.165) is 0 Å². The Morgan fingerprint density at radius 3 is 2.79 bits per heavy atom. The van der Waals surface area contributed by atoms with Crippen molar-refractivity contribution in [2.75, 3.05) is 13.2 Å². The Morgan fingerprint density at radius 2 is 2.43 bits per heavy atom. The van der Waals surface area contributed by atoms with Crippen molar-refractivity contribution in [2.45, 2.75) is 6.92 Å². The van der Waals surface area contributed by atoms with Crippen LogP contribution in [0, 0.1) is 11.3 Å². The fourth-order valence-corrected chi connectivity index (χ4v) is 1.59. The molecule has 7 heteroatoms. The van der Waals surface area contributed by atoms with E-state index in [2.05, 4.69) is 5.32 Å². The minimum absolute atomic E-state index is 0.0700. The Bertz CT molecular complexity index is 350. The van der Waals surface area contributed by atoms with E-state index in [1.807, 2.05) is 6.92 Å². The summed E-state index contributed by atoms with van der Waals surface area (Å²) in [5.41, 5.74) is 0. The minimum atomic E-state index is -3.88. The van der Waals surface area contributed by atoms with Crippen molar-refractivity contribution in [1.82, 2.24) is 5.32 Å². The summed E-state index contributed by atoms with van der Waals surface area (Å²) < 4.78 is 27.1.